The van der Waals surface area contributed by atoms with E-state index in [0.29, 0.717) is 5.57 Å². The van der Waals surface area contributed by atoms with E-state index in [0.717, 1.165) is 18.7 Å². The monoisotopic (exact) mass is 279 g/mol. The Hall–Kier alpha value is -0.920. The van der Waals surface area contributed by atoms with Gasteiger partial charge < -0.3 is 5.32 Å². The van der Waals surface area contributed by atoms with Gasteiger partial charge in [-0.25, -0.2) is 0 Å². The van der Waals surface area contributed by atoms with Crippen molar-refractivity contribution in [2.75, 3.05) is 12.3 Å². The number of nitrogens with one attached hydrogen (secondary N) is 1. The second-order valence-corrected chi connectivity index (χ2v) is 5.34. The average molecular weight is 279 g/mol. The fraction of sp³-hybridized carbons (Fsp3) is 0.625. The molecule has 0 saturated heterocycles. The molecule has 19 heavy (non-hydrogen) atoms. The fourth-order valence-corrected chi connectivity index (χ4v) is 2.29. The average Bonchev–Trinajstić information content (AvgIpc) is 2.95. The molecule has 0 unspecified atom stereocenters. The van der Waals surface area contributed by atoms with Crippen LogP contribution in [0.4, 0.5) is 0 Å². The predicted molar refractivity (Wildman–Crippen MR) is 84.5 cm³/mol. The maximum Gasteiger partial charge on any atom is 0.259 e. The van der Waals surface area contributed by atoms with Gasteiger partial charge in [-0.15, -0.1) is 5.73 Å². The Morgan fingerprint density at radius 3 is 2.26 bits per heavy atom. The zero-order valence-electron chi connectivity index (χ0n) is 11.7. The van der Waals surface area contributed by atoms with Crippen molar-refractivity contribution in [3.05, 3.63) is 29.5 Å². The van der Waals surface area contributed by atoms with E-state index in [1.807, 2.05) is 6.08 Å². The second-order valence-electron chi connectivity index (χ2n) is 4.89. The van der Waals surface area contributed by atoms with Gasteiger partial charge in [0.15, 0.2) is 0 Å². The highest BCUT2D eigenvalue weighted by atomic mass is 32.1. The summed E-state index contributed by atoms with van der Waals surface area (Å²) in [4.78, 5) is 11.6. The number of hydrogen-bond acceptors (Lipinski definition) is 2. The molecule has 0 aromatic heterocycles. The molecule has 0 aliphatic heterocycles. The van der Waals surface area contributed by atoms with E-state index in [9.17, 15) is 4.79 Å². The van der Waals surface area contributed by atoms with E-state index in [-0.39, 0.29) is 5.91 Å². The summed E-state index contributed by atoms with van der Waals surface area (Å²) in [6, 6.07) is 0. The highest BCUT2D eigenvalue weighted by molar-refractivity contribution is 7.80. The van der Waals surface area contributed by atoms with Gasteiger partial charge in [0.2, 0.25) is 0 Å². The normalized spacial score (nSPS) is 12.8. The van der Waals surface area contributed by atoms with Crippen molar-refractivity contribution in [3.63, 3.8) is 0 Å². The molecule has 0 radical (unpaired) electrons. The van der Waals surface area contributed by atoms with Gasteiger partial charge in [0, 0.05) is 6.54 Å². The van der Waals surface area contributed by atoms with Crippen molar-refractivity contribution in [1.29, 1.82) is 0 Å². The lowest BCUT2D eigenvalue weighted by Crippen LogP contribution is -2.24. The van der Waals surface area contributed by atoms with Crippen molar-refractivity contribution in [2.24, 2.45) is 0 Å². The molecule has 1 N–H and O–H groups in total. The standard InChI is InChI=1S/C16H25NOS/c18-16(15-11-7-8-12-15)17-13-9-5-3-1-2-4-6-10-14-19/h7-8,11,19H,1-6,9-10,13-14H2,(H,17,18). The molecule has 0 saturated carbocycles. The lowest BCUT2D eigenvalue weighted by atomic mass is 10.1. The third-order valence-electron chi connectivity index (χ3n) is 3.21. The molecular weight excluding hydrogens is 254 g/mol. The lowest BCUT2D eigenvalue weighted by molar-refractivity contribution is -0.117. The molecule has 1 rings (SSSR count). The van der Waals surface area contributed by atoms with Crippen LogP contribution in [0.1, 0.15) is 51.4 Å². The van der Waals surface area contributed by atoms with Crippen molar-refractivity contribution in [1.82, 2.24) is 5.32 Å². The van der Waals surface area contributed by atoms with Crippen molar-refractivity contribution >= 4 is 18.5 Å². The summed E-state index contributed by atoms with van der Waals surface area (Å²) < 4.78 is 0. The Kier molecular flexibility index (Phi) is 9.30. The number of hydrogen-bond donors (Lipinski definition) is 2. The molecule has 0 spiro atoms. The maximum absolute atomic E-state index is 11.6. The van der Waals surface area contributed by atoms with Crippen LogP contribution in [0.15, 0.2) is 29.5 Å². The number of rotatable bonds is 11. The third-order valence-corrected chi connectivity index (χ3v) is 3.53. The number of thiol groups is 1. The molecule has 106 valence electrons. The summed E-state index contributed by atoms with van der Waals surface area (Å²) in [5.74, 6) is 1.01. The van der Waals surface area contributed by atoms with Crippen LogP contribution < -0.4 is 5.32 Å². The fourth-order valence-electron chi connectivity index (χ4n) is 2.07. The molecule has 3 heteroatoms. The molecule has 2 nitrogen and oxygen atoms in total. The smallest absolute Gasteiger partial charge is 0.259 e. The first kappa shape index (κ1) is 16.1. The molecule has 0 heterocycles. The summed E-state index contributed by atoms with van der Waals surface area (Å²) in [7, 11) is 0. The minimum atomic E-state index is -0.00300. The van der Waals surface area contributed by atoms with Gasteiger partial charge in [0.25, 0.3) is 5.91 Å². The van der Waals surface area contributed by atoms with Gasteiger partial charge in [0.1, 0.15) is 0 Å². The van der Waals surface area contributed by atoms with Crippen LogP contribution in [0.25, 0.3) is 0 Å². The largest absolute Gasteiger partial charge is 0.352 e. The first-order valence-electron chi connectivity index (χ1n) is 7.37. The quantitative estimate of drug-likeness (QED) is 0.336. The van der Waals surface area contributed by atoms with Gasteiger partial charge in [-0.2, -0.15) is 12.6 Å². The van der Waals surface area contributed by atoms with Crippen LogP contribution in [-0.2, 0) is 4.79 Å². The van der Waals surface area contributed by atoms with Crippen LogP contribution in [0.5, 0.6) is 0 Å². The van der Waals surface area contributed by atoms with Gasteiger partial charge in [-0.05, 0) is 30.7 Å². The van der Waals surface area contributed by atoms with Crippen molar-refractivity contribution in [2.45, 2.75) is 51.4 Å². The molecule has 0 fully saturated rings. The summed E-state index contributed by atoms with van der Waals surface area (Å²) in [6.07, 6.45) is 15.5. The number of allylic oxidation sites excluding steroid dienone is 1. The van der Waals surface area contributed by atoms with E-state index in [4.69, 9.17) is 0 Å². The van der Waals surface area contributed by atoms with Crippen LogP contribution in [0.3, 0.4) is 0 Å². The summed E-state index contributed by atoms with van der Waals surface area (Å²) in [6.45, 7) is 0.775. The van der Waals surface area contributed by atoms with E-state index in [2.05, 4.69) is 23.7 Å². The highest BCUT2D eigenvalue weighted by Gasteiger charge is 2.05. The van der Waals surface area contributed by atoms with Crippen LogP contribution >= 0.6 is 12.6 Å². The Labute approximate surface area is 122 Å². The van der Waals surface area contributed by atoms with E-state index >= 15 is 0 Å². The molecular formula is C16H25NOS. The molecule has 1 aliphatic carbocycles. The maximum atomic E-state index is 11.6. The Balaban J connectivity index is 1.85. The zero-order valence-corrected chi connectivity index (χ0v) is 12.6. The molecule has 0 aromatic carbocycles. The van der Waals surface area contributed by atoms with Gasteiger partial charge >= 0.3 is 0 Å². The van der Waals surface area contributed by atoms with Crippen LogP contribution in [0.2, 0.25) is 0 Å². The Bertz CT molecular complexity index is 354. The Morgan fingerprint density at radius 1 is 1.05 bits per heavy atom. The lowest BCUT2D eigenvalue weighted by Gasteiger charge is -2.04. The van der Waals surface area contributed by atoms with Crippen molar-refractivity contribution in [3.8, 4) is 0 Å². The van der Waals surface area contributed by atoms with E-state index in [1.54, 1.807) is 12.2 Å². The number of unbranched alkanes of at least 4 members (excludes halogenated alkanes) is 7. The van der Waals surface area contributed by atoms with Crippen LogP contribution in [-0.4, -0.2) is 18.2 Å². The summed E-state index contributed by atoms with van der Waals surface area (Å²) >= 11 is 4.20. The van der Waals surface area contributed by atoms with E-state index < -0.39 is 0 Å². The molecule has 1 aliphatic rings. The van der Waals surface area contributed by atoms with E-state index in [1.165, 1.54) is 44.9 Å². The minimum absolute atomic E-state index is 0.00300. The molecule has 0 bridgehead atoms. The minimum Gasteiger partial charge on any atom is -0.352 e. The zero-order chi connectivity index (χ0) is 13.8. The second kappa shape index (κ2) is 11.0. The molecule has 0 atom stereocenters. The highest BCUT2D eigenvalue weighted by Crippen LogP contribution is 2.08. The molecule has 1 amide bonds. The first-order chi connectivity index (χ1) is 9.34. The predicted octanol–water partition coefficient (Wildman–Crippen LogP) is 3.80. The molecule has 0 aromatic rings. The number of amides is 1. The van der Waals surface area contributed by atoms with Crippen LogP contribution in [0, 0.1) is 0 Å². The number of carbonyl (C=O) groups is 1. The van der Waals surface area contributed by atoms with Crippen molar-refractivity contribution < 1.29 is 4.79 Å². The third kappa shape index (κ3) is 7.97. The first-order valence-corrected chi connectivity index (χ1v) is 8.00. The van der Waals surface area contributed by atoms with Gasteiger partial charge in [-0.3, -0.25) is 4.79 Å². The number of carbonyl (C=O) groups excluding carboxylic acids is 1. The summed E-state index contributed by atoms with van der Waals surface area (Å²) in [5.41, 5.74) is 3.55. The topological polar surface area (TPSA) is 29.1 Å². The Morgan fingerprint density at radius 2 is 1.68 bits per heavy atom. The van der Waals surface area contributed by atoms with Gasteiger partial charge in [-0.1, -0.05) is 44.6 Å². The SMILES string of the molecule is O=C(NCCCCCCCCCCS)C1=C=CC=C1. The summed E-state index contributed by atoms with van der Waals surface area (Å²) in [5, 5.41) is 2.93. The van der Waals surface area contributed by atoms with Gasteiger partial charge in [0.05, 0.1) is 5.57 Å².